The van der Waals surface area contributed by atoms with E-state index in [-0.39, 0.29) is 5.56 Å². The van der Waals surface area contributed by atoms with E-state index in [9.17, 15) is 8.78 Å². The molecule has 2 rings (SSSR count). The van der Waals surface area contributed by atoms with Gasteiger partial charge in [-0.2, -0.15) is 0 Å². The van der Waals surface area contributed by atoms with Crippen molar-refractivity contribution in [3.05, 3.63) is 64.7 Å². The first-order valence-corrected chi connectivity index (χ1v) is 6.63. The molecule has 112 valence electrons. The van der Waals surface area contributed by atoms with E-state index < -0.39 is 17.7 Å². The van der Waals surface area contributed by atoms with Gasteiger partial charge in [0.05, 0.1) is 6.04 Å². The monoisotopic (exact) mass is 291 g/mol. The molecule has 1 unspecified atom stereocenters. The summed E-state index contributed by atoms with van der Waals surface area (Å²) in [6.45, 7) is 1.60. The summed E-state index contributed by atoms with van der Waals surface area (Å²) in [6, 6.07) is 9.32. The number of hydrazine groups is 1. The Kier molecular flexibility index (Phi) is 4.55. The third-order valence-electron chi connectivity index (χ3n) is 3.49. The summed E-state index contributed by atoms with van der Waals surface area (Å²) in [4.78, 5) is 1.92. The molecular weight excluding hydrogens is 272 g/mol. The van der Waals surface area contributed by atoms with Crippen LogP contribution in [0.5, 0.6) is 0 Å². The van der Waals surface area contributed by atoms with Crippen molar-refractivity contribution in [1.29, 1.82) is 0 Å². The third kappa shape index (κ3) is 3.04. The van der Waals surface area contributed by atoms with Crippen molar-refractivity contribution in [2.45, 2.75) is 13.0 Å². The van der Waals surface area contributed by atoms with Gasteiger partial charge in [-0.15, -0.1) is 0 Å². The summed E-state index contributed by atoms with van der Waals surface area (Å²) < 4.78 is 28.4. The molecule has 0 radical (unpaired) electrons. The lowest BCUT2D eigenvalue weighted by Gasteiger charge is -2.21. The van der Waals surface area contributed by atoms with Crippen LogP contribution in [0, 0.1) is 18.6 Å². The molecule has 0 heterocycles. The molecule has 0 bridgehead atoms. The molecule has 0 spiro atoms. The van der Waals surface area contributed by atoms with Crippen molar-refractivity contribution in [3.8, 4) is 0 Å². The zero-order valence-corrected chi connectivity index (χ0v) is 12.3. The number of benzene rings is 2. The molecule has 0 saturated carbocycles. The molecule has 0 aliphatic heterocycles. The summed E-state index contributed by atoms with van der Waals surface area (Å²) in [5.74, 6) is 4.36. The zero-order valence-electron chi connectivity index (χ0n) is 12.3. The van der Waals surface area contributed by atoms with Gasteiger partial charge in [-0.1, -0.05) is 18.2 Å². The van der Waals surface area contributed by atoms with E-state index in [0.29, 0.717) is 11.1 Å². The van der Waals surface area contributed by atoms with Crippen molar-refractivity contribution in [1.82, 2.24) is 5.43 Å². The van der Waals surface area contributed by atoms with Crippen LogP contribution in [0.15, 0.2) is 36.4 Å². The van der Waals surface area contributed by atoms with E-state index in [0.717, 1.165) is 5.69 Å². The second-order valence-electron chi connectivity index (χ2n) is 5.18. The van der Waals surface area contributed by atoms with E-state index in [1.54, 1.807) is 13.0 Å². The molecule has 0 aromatic heterocycles. The Hall–Kier alpha value is -1.98. The quantitative estimate of drug-likeness (QED) is 0.672. The number of nitrogens with zero attached hydrogens (tertiary/aromatic N) is 1. The van der Waals surface area contributed by atoms with Gasteiger partial charge in [-0.05, 0) is 36.2 Å². The molecule has 0 aliphatic carbocycles. The summed E-state index contributed by atoms with van der Waals surface area (Å²) in [5.41, 5.74) is 4.47. The molecular formula is C16H19F2N3. The predicted molar refractivity (Wildman–Crippen MR) is 81.0 cm³/mol. The molecule has 0 saturated heterocycles. The third-order valence-corrected chi connectivity index (χ3v) is 3.49. The molecule has 0 amide bonds. The molecule has 0 aliphatic rings. The summed E-state index contributed by atoms with van der Waals surface area (Å²) in [5, 5.41) is 0. The normalized spacial score (nSPS) is 12.3. The highest BCUT2D eigenvalue weighted by atomic mass is 19.1. The number of aryl methyl sites for hydroxylation is 1. The average molecular weight is 291 g/mol. The minimum atomic E-state index is -0.746. The smallest absolute Gasteiger partial charge is 0.134 e. The van der Waals surface area contributed by atoms with Crippen LogP contribution in [-0.2, 0) is 0 Å². The lowest BCUT2D eigenvalue weighted by Crippen LogP contribution is -2.30. The van der Waals surface area contributed by atoms with Crippen molar-refractivity contribution in [3.63, 3.8) is 0 Å². The van der Waals surface area contributed by atoms with Crippen LogP contribution in [0.1, 0.15) is 22.7 Å². The second-order valence-corrected chi connectivity index (χ2v) is 5.18. The van der Waals surface area contributed by atoms with E-state index >= 15 is 0 Å². The number of hydrogen-bond donors (Lipinski definition) is 2. The first-order valence-electron chi connectivity index (χ1n) is 6.63. The minimum Gasteiger partial charge on any atom is -0.378 e. The van der Waals surface area contributed by atoms with E-state index in [2.05, 4.69) is 5.43 Å². The van der Waals surface area contributed by atoms with Crippen LogP contribution in [0.4, 0.5) is 14.5 Å². The molecule has 3 N–H and O–H groups in total. The van der Waals surface area contributed by atoms with E-state index in [1.165, 1.54) is 12.1 Å². The number of halogens is 2. The number of anilines is 1. The highest BCUT2D eigenvalue weighted by Gasteiger charge is 2.22. The number of rotatable bonds is 4. The van der Waals surface area contributed by atoms with Gasteiger partial charge in [0.2, 0.25) is 0 Å². The maximum absolute atomic E-state index is 14.3. The van der Waals surface area contributed by atoms with Gasteiger partial charge >= 0.3 is 0 Å². The maximum Gasteiger partial charge on any atom is 0.134 e. The van der Waals surface area contributed by atoms with Gasteiger partial charge in [0.15, 0.2) is 0 Å². The van der Waals surface area contributed by atoms with Gasteiger partial charge < -0.3 is 4.90 Å². The first-order chi connectivity index (χ1) is 9.95. The van der Waals surface area contributed by atoms with Gasteiger partial charge in [-0.25, -0.2) is 14.2 Å². The Morgan fingerprint density at radius 3 is 2.48 bits per heavy atom. The summed E-state index contributed by atoms with van der Waals surface area (Å²) in [7, 11) is 3.80. The van der Waals surface area contributed by atoms with Crippen LogP contribution in [0.25, 0.3) is 0 Å². The highest BCUT2D eigenvalue weighted by molar-refractivity contribution is 5.49. The lowest BCUT2D eigenvalue weighted by molar-refractivity contribution is 0.506. The summed E-state index contributed by atoms with van der Waals surface area (Å²) >= 11 is 0. The molecule has 2 aromatic carbocycles. The predicted octanol–water partition coefficient (Wildman–Crippen LogP) is 2.89. The van der Waals surface area contributed by atoms with Gasteiger partial charge in [0.1, 0.15) is 11.6 Å². The summed E-state index contributed by atoms with van der Waals surface area (Å²) in [6.07, 6.45) is 0. The Balaban J connectivity index is 2.55. The largest absolute Gasteiger partial charge is 0.378 e. The molecule has 21 heavy (non-hydrogen) atoms. The lowest BCUT2D eigenvalue weighted by atomic mass is 9.96. The SMILES string of the molecule is Cc1ccc(F)c(C(NN)c2cccc(N(C)C)c2)c1F. The fourth-order valence-corrected chi connectivity index (χ4v) is 2.27. The van der Waals surface area contributed by atoms with Crippen LogP contribution >= 0.6 is 0 Å². The number of nitrogens with one attached hydrogen (secondary N) is 1. The average Bonchev–Trinajstić information content (AvgIpc) is 2.47. The van der Waals surface area contributed by atoms with Crippen molar-refractivity contribution >= 4 is 5.69 Å². The zero-order chi connectivity index (χ0) is 15.6. The van der Waals surface area contributed by atoms with Crippen LogP contribution in [-0.4, -0.2) is 14.1 Å². The molecule has 5 heteroatoms. The maximum atomic E-state index is 14.3. The minimum absolute atomic E-state index is 0.0617. The van der Waals surface area contributed by atoms with E-state index in [1.807, 2.05) is 37.2 Å². The first kappa shape index (κ1) is 15.4. The Morgan fingerprint density at radius 2 is 1.86 bits per heavy atom. The van der Waals surface area contributed by atoms with E-state index in [4.69, 9.17) is 5.84 Å². The number of hydrogen-bond acceptors (Lipinski definition) is 3. The topological polar surface area (TPSA) is 41.3 Å². The highest BCUT2D eigenvalue weighted by Crippen LogP contribution is 2.29. The Labute approximate surface area is 123 Å². The van der Waals surface area contributed by atoms with Crippen molar-refractivity contribution < 1.29 is 8.78 Å². The van der Waals surface area contributed by atoms with Crippen LogP contribution in [0.2, 0.25) is 0 Å². The Bertz CT molecular complexity index is 641. The van der Waals surface area contributed by atoms with Crippen LogP contribution in [0.3, 0.4) is 0 Å². The number of nitrogens with two attached hydrogens (primary N) is 1. The fourth-order valence-electron chi connectivity index (χ4n) is 2.27. The molecule has 2 aromatic rings. The van der Waals surface area contributed by atoms with Gasteiger partial charge in [0, 0.05) is 25.3 Å². The van der Waals surface area contributed by atoms with Gasteiger partial charge in [0.25, 0.3) is 0 Å². The second kappa shape index (κ2) is 6.20. The van der Waals surface area contributed by atoms with Crippen molar-refractivity contribution in [2.24, 2.45) is 5.84 Å². The van der Waals surface area contributed by atoms with Crippen molar-refractivity contribution in [2.75, 3.05) is 19.0 Å². The van der Waals surface area contributed by atoms with Gasteiger partial charge in [-0.3, -0.25) is 5.84 Å². The molecule has 0 fully saturated rings. The van der Waals surface area contributed by atoms with Crippen LogP contribution < -0.4 is 16.2 Å². The standard InChI is InChI=1S/C16H19F2N3/c1-10-7-8-13(17)14(15(10)18)16(20-19)11-5-4-6-12(9-11)21(2)3/h4-9,16,20H,19H2,1-3H3. The Morgan fingerprint density at radius 1 is 1.14 bits per heavy atom. The molecule has 3 nitrogen and oxygen atoms in total. The molecule has 1 atom stereocenters. The fraction of sp³-hybridized carbons (Fsp3) is 0.250.